The van der Waals surface area contributed by atoms with Crippen molar-refractivity contribution in [2.24, 2.45) is 5.92 Å². The number of aliphatic hydroxyl groups excluding tert-OH is 1. The first kappa shape index (κ1) is 27.7. The highest BCUT2D eigenvalue weighted by Gasteiger charge is 2.46. The molecule has 0 bridgehead atoms. The van der Waals surface area contributed by atoms with Gasteiger partial charge in [0, 0.05) is 6.54 Å². The van der Waals surface area contributed by atoms with Gasteiger partial charge in [-0.15, -0.1) is 0 Å². The topological polar surface area (TPSA) is 136 Å². The van der Waals surface area contributed by atoms with Crippen molar-refractivity contribution < 1.29 is 29.4 Å². The fraction of sp³-hybridized carbons (Fsp3) is 0.419. The lowest BCUT2D eigenvalue weighted by atomic mass is 9.79. The Bertz CT molecular complexity index is 1370. The number of imide groups is 1. The Labute approximate surface area is 232 Å². The summed E-state index contributed by atoms with van der Waals surface area (Å²) < 4.78 is 0. The van der Waals surface area contributed by atoms with Gasteiger partial charge < -0.3 is 15.5 Å². The van der Waals surface area contributed by atoms with E-state index < -0.39 is 41.5 Å². The molecule has 4 N–H and O–H groups in total. The Hall–Kier alpha value is -3.82. The third-order valence-electron chi connectivity index (χ3n) is 8.21. The molecule has 2 aromatic carbocycles. The molecule has 9 heteroatoms. The van der Waals surface area contributed by atoms with Crippen LogP contribution in [0.1, 0.15) is 66.7 Å². The predicted molar refractivity (Wildman–Crippen MR) is 150 cm³/mol. The number of hydrogen-bond acceptors (Lipinski definition) is 6. The van der Waals surface area contributed by atoms with Crippen LogP contribution in [-0.2, 0) is 9.59 Å². The Morgan fingerprint density at radius 2 is 1.73 bits per heavy atom. The van der Waals surface area contributed by atoms with Crippen molar-refractivity contribution in [3.05, 3.63) is 71.3 Å². The number of nitrogens with one attached hydrogen (secondary N) is 2. The number of carboxylic acids is 1. The monoisotopic (exact) mass is 545 g/mol. The van der Waals surface area contributed by atoms with Crippen molar-refractivity contribution >= 4 is 34.5 Å². The van der Waals surface area contributed by atoms with Gasteiger partial charge >= 0.3 is 5.97 Å². The van der Waals surface area contributed by atoms with Crippen molar-refractivity contribution in [2.75, 3.05) is 6.54 Å². The summed E-state index contributed by atoms with van der Waals surface area (Å²) in [7, 11) is 0. The van der Waals surface area contributed by atoms with Crippen LogP contribution in [0.25, 0.3) is 10.8 Å². The molecule has 3 amide bonds. The van der Waals surface area contributed by atoms with E-state index in [1.165, 1.54) is 0 Å². The molecule has 210 valence electrons. The quantitative estimate of drug-likeness (QED) is 0.266. The fourth-order valence-corrected chi connectivity index (χ4v) is 6.11. The lowest BCUT2D eigenvalue weighted by Gasteiger charge is -2.40. The highest BCUT2D eigenvalue weighted by atomic mass is 16.4. The highest BCUT2D eigenvalue weighted by Crippen LogP contribution is 2.39. The summed E-state index contributed by atoms with van der Waals surface area (Å²) in [5, 5.41) is 28.5. The number of aliphatic carboxylic acids is 1. The molecule has 0 spiro atoms. The number of amides is 3. The molecule has 0 radical (unpaired) electrons. The molecule has 0 saturated heterocycles. The smallest absolute Gasteiger partial charge is 0.320 e. The number of carboxylic acid groups (broad SMARTS) is 1. The van der Waals surface area contributed by atoms with Crippen LogP contribution in [0, 0.1) is 5.92 Å². The number of allylic oxidation sites excluding steroid dienone is 2. The Morgan fingerprint density at radius 1 is 1.07 bits per heavy atom. The van der Waals surface area contributed by atoms with Crippen molar-refractivity contribution in [1.29, 1.82) is 0 Å². The van der Waals surface area contributed by atoms with Crippen molar-refractivity contribution in [3.63, 3.8) is 0 Å². The van der Waals surface area contributed by atoms with E-state index in [1.54, 1.807) is 18.2 Å². The van der Waals surface area contributed by atoms with Crippen molar-refractivity contribution in [1.82, 2.24) is 15.5 Å². The van der Waals surface area contributed by atoms with Crippen LogP contribution in [-0.4, -0.2) is 69.1 Å². The lowest BCUT2D eigenvalue weighted by molar-refractivity contribution is -0.140. The van der Waals surface area contributed by atoms with Gasteiger partial charge in [0.1, 0.15) is 6.04 Å². The Kier molecular flexibility index (Phi) is 7.61. The zero-order valence-electron chi connectivity index (χ0n) is 22.7. The second-order valence-electron chi connectivity index (χ2n) is 11.3. The zero-order valence-corrected chi connectivity index (χ0v) is 22.7. The predicted octanol–water partition coefficient (Wildman–Crippen LogP) is 3.18. The van der Waals surface area contributed by atoms with Crippen molar-refractivity contribution in [2.45, 2.75) is 69.7 Å². The molecule has 0 fully saturated rings. The number of hydrogen-bond donors (Lipinski definition) is 4. The summed E-state index contributed by atoms with van der Waals surface area (Å²) in [6.45, 7) is 3.78. The van der Waals surface area contributed by atoms with Crippen LogP contribution < -0.4 is 10.6 Å². The average Bonchev–Trinajstić information content (AvgIpc) is 3.44. The molecule has 0 saturated carbocycles. The second kappa shape index (κ2) is 11.0. The van der Waals surface area contributed by atoms with Gasteiger partial charge in [-0.25, -0.2) is 0 Å². The third-order valence-corrected chi connectivity index (χ3v) is 8.21. The minimum atomic E-state index is -1.18. The maximum Gasteiger partial charge on any atom is 0.320 e. The average molecular weight is 546 g/mol. The van der Waals surface area contributed by atoms with Gasteiger partial charge in [-0.1, -0.05) is 56.3 Å². The first-order chi connectivity index (χ1) is 19.1. The van der Waals surface area contributed by atoms with E-state index in [0.29, 0.717) is 30.4 Å². The standard InChI is InChI=1S/C31H35N3O6/c1-18(2)15-25(27(36)33-31-13-6-10-21(31)9-5-11-26(31)35)32-24(30(39)40)12-14-34-28(37)22-16-19-7-3-4-8-20(19)17-23(22)29(34)38/h3-5,7-8,10-11,16-18,24-26,32,35H,6,9,12-15H2,1-2H3,(H,33,36)(H,39,40)/t24-,25+,26+,31?/m1/s1. The van der Waals surface area contributed by atoms with Gasteiger partial charge in [0.25, 0.3) is 11.8 Å². The van der Waals surface area contributed by atoms with Crippen LogP contribution >= 0.6 is 0 Å². The first-order valence-corrected chi connectivity index (χ1v) is 13.8. The summed E-state index contributed by atoms with van der Waals surface area (Å²) >= 11 is 0. The molecule has 2 aromatic rings. The van der Waals surface area contributed by atoms with E-state index in [2.05, 4.69) is 10.6 Å². The van der Waals surface area contributed by atoms with Crippen LogP contribution in [0.15, 0.2) is 60.2 Å². The molecule has 5 rings (SSSR count). The molecular weight excluding hydrogens is 510 g/mol. The molecule has 2 aliphatic carbocycles. The van der Waals surface area contributed by atoms with Gasteiger partial charge in [0.15, 0.2) is 0 Å². The second-order valence-corrected chi connectivity index (χ2v) is 11.3. The Balaban J connectivity index is 1.30. The first-order valence-electron chi connectivity index (χ1n) is 13.8. The number of carbonyl (C=O) groups is 4. The van der Waals surface area contributed by atoms with E-state index in [0.717, 1.165) is 27.7 Å². The number of fused-ring (bicyclic) bond motifs is 3. The number of rotatable bonds is 10. The van der Waals surface area contributed by atoms with Crippen LogP contribution in [0.4, 0.5) is 0 Å². The molecule has 9 nitrogen and oxygen atoms in total. The lowest BCUT2D eigenvalue weighted by Crippen LogP contribution is -2.62. The van der Waals surface area contributed by atoms with E-state index in [-0.39, 0.29) is 24.8 Å². The zero-order chi connectivity index (χ0) is 28.6. The summed E-state index contributed by atoms with van der Waals surface area (Å²) in [5.74, 6) is -2.38. The van der Waals surface area contributed by atoms with Gasteiger partial charge in [-0.2, -0.15) is 0 Å². The normalized spacial score (nSPS) is 23.2. The number of nitrogens with zero attached hydrogens (tertiary/aromatic N) is 1. The molecule has 1 aliphatic heterocycles. The molecule has 40 heavy (non-hydrogen) atoms. The molecular formula is C31H35N3O6. The van der Waals surface area contributed by atoms with Crippen molar-refractivity contribution in [3.8, 4) is 0 Å². The Morgan fingerprint density at radius 3 is 2.33 bits per heavy atom. The summed E-state index contributed by atoms with van der Waals surface area (Å²) in [5.41, 5.74) is 0.693. The van der Waals surface area contributed by atoms with E-state index in [4.69, 9.17) is 0 Å². The van der Waals surface area contributed by atoms with E-state index in [9.17, 15) is 29.4 Å². The minimum absolute atomic E-state index is 0.0656. The van der Waals surface area contributed by atoms with E-state index >= 15 is 0 Å². The van der Waals surface area contributed by atoms with Gasteiger partial charge in [-0.05, 0) is 66.5 Å². The highest BCUT2D eigenvalue weighted by molar-refractivity contribution is 6.23. The number of aliphatic hydroxyl groups is 1. The van der Waals surface area contributed by atoms with Crippen LogP contribution in [0.2, 0.25) is 0 Å². The summed E-state index contributed by atoms with van der Waals surface area (Å²) in [6.07, 6.45) is 7.03. The SMILES string of the molecule is CC(C)C[C@H](N[C@H](CCN1C(=O)c2cc3ccccc3cc2C1=O)C(=O)O)C(=O)NC12CCC=C1CC=C[C@@H]2O. The summed E-state index contributed by atoms with van der Waals surface area (Å²) in [6, 6.07) is 8.82. The molecule has 3 aliphatic rings. The fourth-order valence-electron chi connectivity index (χ4n) is 6.11. The largest absolute Gasteiger partial charge is 0.480 e. The number of benzene rings is 2. The van der Waals surface area contributed by atoms with Gasteiger partial charge in [0.2, 0.25) is 5.91 Å². The molecule has 1 heterocycles. The molecule has 1 unspecified atom stereocenters. The van der Waals surface area contributed by atoms with Gasteiger partial charge in [0.05, 0.1) is 28.8 Å². The molecule has 0 aromatic heterocycles. The maximum absolute atomic E-state index is 13.6. The van der Waals surface area contributed by atoms with Gasteiger partial charge in [-0.3, -0.25) is 29.4 Å². The maximum atomic E-state index is 13.6. The van der Waals surface area contributed by atoms with Crippen LogP contribution in [0.3, 0.4) is 0 Å². The van der Waals surface area contributed by atoms with Crippen LogP contribution in [0.5, 0.6) is 0 Å². The summed E-state index contributed by atoms with van der Waals surface area (Å²) in [4.78, 5) is 53.1. The number of carbonyl (C=O) groups excluding carboxylic acids is 3. The third kappa shape index (κ3) is 5.07. The van der Waals surface area contributed by atoms with E-state index in [1.807, 2.05) is 50.3 Å². The minimum Gasteiger partial charge on any atom is -0.480 e. The molecule has 4 atom stereocenters.